The average molecular weight is 417 g/mol. The first-order chi connectivity index (χ1) is 9.94. The van der Waals surface area contributed by atoms with E-state index < -0.39 is 8.07 Å². The molecule has 0 bridgehead atoms. The molecular formula is C20H30Cl2SiTi. The van der Waals surface area contributed by atoms with Crippen molar-refractivity contribution in [2.24, 2.45) is 0 Å². The van der Waals surface area contributed by atoms with E-state index in [-0.39, 0.29) is 44.0 Å². The fourth-order valence-corrected chi connectivity index (χ4v) is 16.7. The Bertz CT molecular complexity index is 679. The summed E-state index contributed by atoms with van der Waals surface area (Å²) in [6.07, 6.45) is 0. The van der Waals surface area contributed by atoms with E-state index in [0.29, 0.717) is 10.1 Å². The van der Waals surface area contributed by atoms with Gasteiger partial charge in [-0.1, -0.05) is 0 Å². The van der Waals surface area contributed by atoms with Gasteiger partial charge in [-0.3, -0.25) is 0 Å². The molecule has 2 atom stereocenters. The molecule has 0 aromatic carbocycles. The largest absolute Gasteiger partial charge is 1.00 e. The van der Waals surface area contributed by atoms with Crippen molar-refractivity contribution >= 4 is 8.07 Å². The molecule has 0 radical (unpaired) electrons. The maximum absolute atomic E-state index is 2.67. The summed E-state index contributed by atoms with van der Waals surface area (Å²) in [5.74, 6) is 0. The molecule has 4 heteroatoms. The van der Waals surface area contributed by atoms with Crippen LogP contribution >= 0.6 is 0 Å². The Morgan fingerprint density at radius 1 is 0.625 bits per heavy atom. The van der Waals surface area contributed by atoms with Crippen LogP contribution in [0, 0.1) is 0 Å². The molecule has 1 fully saturated rings. The second kappa shape index (κ2) is 6.27. The second-order valence-corrected chi connectivity index (χ2v) is 15.7. The number of rotatable bonds is 0. The van der Waals surface area contributed by atoms with Crippen molar-refractivity contribution in [1.82, 2.24) is 0 Å². The van der Waals surface area contributed by atoms with Gasteiger partial charge < -0.3 is 24.8 Å². The second-order valence-electron chi connectivity index (χ2n) is 8.50. The molecule has 0 saturated carbocycles. The van der Waals surface area contributed by atoms with E-state index in [0.717, 1.165) is 0 Å². The van der Waals surface area contributed by atoms with Crippen LogP contribution in [0.2, 0.25) is 23.2 Å². The van der Waals surface area contributed by atoms with E-state index in [2.05, 4.69) is 68.5 Å². The average Bonchev–Trinajstić information content (AvgIpc) is 2.73. The molecule has 0 spiro atoms. The standard InChI is InChI=1S/C20H30Si.2ClH.Ti/c1-13-11-19(7,17(5)15(13)3)21(9,10)20(8)12-14(2)16(4)18(20)6;;;/h1-10H3;2*1H;/q;;;+2/p-2. The molecule has 132 valence electrons. The summed E-state index contributed by atoms with van der Waals surface area (Å²) in [5.41, 5.74) is 9.87. The van der Waals surface area contributed by atoms with E-state index in [1.165, 1.54) is 0 Å². The molecule has 2 aliphatic carbocycles. The Kier molecular flexibility index (Phi) is 5.88. The van der Waals surface area contributed by atoms with Gasteiger partial charge in [0.1, 0.15) is 0 Å². The monoisotopic (exact) mass is 416 g/mol. The van der Waals surface area contributed by atoms with Crippen LogP contribution in [0.15, 0.2) is 41.2 Å². The molecule has 1 aliphatic heterocycles. The van der Waals surface area contributed by atoms with Crippen LogP contribution < -0.4 is 24.8 Å². The molecule has 0 amide bonds. The zero-order valence-corrected chi connectivity index (χ0v) is 20.8. The minimum absolute atomic E-state index is 0. The third-order valence-corrected chi connectivity index (χ3v) is 18.8. The molecule has 0 N–H and O–H groups in total. The van der Waals surface area contributed by atoms with Gasteiger partial charge in [0.05, 0.1) is 0 Å². The molecule has 0 aromatic heterocycles. The molecule has 1 saturated heterocycles. The van der Waals surface area contributed by atoms with Gasteiger partial charge in [-0.15, -0.1) is 0 Å². The summed E-state index contributed by atoms with van der Waals surface area (Å²) in [7, 11) is -1.59. The molecule has 24 heavy (non-hydrogen) atoms. The summed E-state index contributed by atoms with van der Waals surface area (Å²) in [5, 5.41) is 0.761. The zero-order chi connectivity index (χ0) is 16.8. The van der Waals surface area contributed by atoms with Gasteiger partial charge in [-0.2, -0.15) is 0 Å². The van der Waals surface area contributed by atoms with Gasteiger partial charge in [0.2, 0.25) is 0 Å². The summed E-state index contributed by atoms with van der Waals surface area (Å²) in [6, 6.07) is 0. The third kappa shape index (κ3) is 2.09. The van der Waals surface area contributed by atoms with E-state index in [1.54, 1.807) is 33.4 Å². The fraction of sp³-hybridized carbons (Fsp3) is 0.600. The van der Waals surface area contributed by atoms with Crippen molar-refractivity contribution in [3.05, 3.63) is 41.2 Å². The molecule has 3 aliphatic rings. The Morgan fingerprint density at radius 2 is 0.917 bits per heavy atom. The summed E-state index contributed by atoms with van der Waals surface area (Å²) >= 11 is -0.175. The fourth-order valence-electron chi connectivity index (χ4n) is 5.44. The minimum atomic E-state index is -1.59. The maximum atomic E-state index is 2.67. The van der Waals surface area contributed by atoms with Crippen LogP contribution in [0.3, 0.4) is 0 Å². The van der Waals surface area contributed by atoms with E-state index in [9.17, 15) is 0 Å². The Labute approximate surface area is 171 Å². The number of allylic oxidation sites excluding steroid dienone is 8. The minimum Gasteiger partial charge on any atom is -1.00 e. The Balaban J connectivity index is 0.00000144. The molecule has 0 aromatic rings. The van der Waals surface area contributed by atoms with Gasteiger partial charge >= 0.3 is 147 Å². The number of hydrogen-bond acceptors (Lipinski definition) is 0. The van der Waals surface area contributed by atoms with Crippen LogP contribution in [0.4, 0.5) is 0 Å². The summed E-state index contributed by atoms with van der Waals surface area (Å²) in [6.45, 7) is 24.9. The zero-order valence-electron chi connectivity index (χ0n) is 16.8. The van der Waals surface area contributed by atoms with Crippen molar-refractivity contribution in [1.29, 1.82) is 0 Å². The quantitative estimate of drug-likeness (QED) is 0.506. The van der Waals surface area contributed by atoms with Crippen molar-refractivity contribution in [3.63, 3.8) is 0 Å². The van der Waals surface area contributed by atoms with E-state index in [4.69, 9.17) is 0 Å². The smallest absolute Gasteiger partial charge is 1.00 e. The molecular weight excluding hydrogens is 387 g/mol. The van der Waals surface area contributed by atoms with Gasteiger partial charge in [0.15, 0.2) is 0 Å². The first kappa shape index (κ1) is 22.5. The van der Waals surface area contributed by atoms with E-state index in [1.807, 2.05) is 7.76 Å². The molecule has 0 nitrogen and oxygen atoms in total. The first-order valence-corrected chi connectivity index (χ1v) is 13.1. The number of halogens is 2. The van der Waals surface area contributed by atoms with Crippen LogP contribution in [-0.4, -0.2) is 8.07 Å². The molecule has 3 rings (SSSR count). The SMILES string of the molecule is CC1=C(C)C2(C)[C](=C1C)[Ti+2][C]1=C(C)C(C)=C(C)C1(C)[Si]2(C)C.[Cl-].[Cl-]. The Morgan fingerprint density at radius 3 is 1.21 bits per heavy atom. The molecule has 1 heterocycles. The summed E-state index contributed by atoms with van der Waals surface area (Å²) < 4.78 is 3.74. The van der Waals surface area contributed by atoms with Crippen LogP contribution in [0.25, 0.3) is 0 Å². The van der Waals surface area contributed by atoms with E-state index >= 15 is 0 Å². The van der Waals surface area contributed by atoms with Gasteiger partial charge in [-0.25, -0.2) is 0 Å². The Hall–Kier alpha value is 0.471. The van der Waals surface area contributed by atoms with Crippen LogP contribution in [-0.2, 0) is 19.2 Å². The summed E-state index contributed by atoms with van der Waals surface area (Å²) in [4.78, 5) is 0. The van der Waals surface area contributed by atoms with Crippen LogP contribution in [0.5, 0.6) is 0 Å². The van der Waals surface area contributed by atoms with Crippen LogP contribution in [0.1, 0.15) is 55.4 Å². The number of hydrogen-bond donors (Lipinski definition) is 0. The third-order valence-electron chi connectivity index (χ3n) is 8.25. The van der Waals surface area contributed by atoms with Crippen molar-refractivity contribution in [3.8, 4) is 0 Å². The topological polar surface area (TPSA) is 0 Å². The predicted octanol–water partition coefficient (Wildman–Crippen LogP) is 0.568. The van der Waals surface area contributed by atoms with Crippen molar-refractivity contribution in [2.75, 3.05) is 0 Å². The van der Waals surface area contributed by atoms with Crippen molar-refractivity contribution < 1.29 is 44.0 Å². The molecule has 2 unspecified atom stereocenters. The normalized spacial score (nSPS) is 33.6. The van der Waals surface area contributed by atoms with Gasteiger partial charge in [0.25, 0.3) is 0 Å². The number of fused-ring (bicyclic) bond motifs is 2. The maximum Gasteiger partial charge on any atom is -1.00 e. The van der Waals surface area contributed by atoms with Gasteiger partial charge in [0, 0.05) is 0 Å². The first-order valence-electron chi connectivity index (χ1n) is 8.50. The van der Waals surface area contributed by atoms with Gasteiger partial charge in [-0.05, 0) is 0 Å². The predicted molar refractivity (Wildman–Crippen MR) is 96.4 cm³/mol. The van der Waals surface area contributed by atoms with Crippen molar-refractivity contribution in [2.45, 2.75) is 78.6 Å².